The third-order valence-electron chi connectivity index (χ3n) is 1.95. The fourth-order valence-electron chi connectivity index (χ4n) is 1.30. The minimum atomic E-state index is -0.199. The molecule has 0 radical (unpaired) electrons. The number of nitrogens with one attached hydrogen (secondary N) is 1. The molecule has 1 aromatic carbocycles. The van der Waals surface area contributed by atoms with E-state index in [1.54, 1.807) is 0 Å². The maximum Gasteiger partial charge on any atom is 0.252 e. The van der Waals surface area contributed by atoms with Gasteiger partial charge in [0.05, 0.1) is 5.56 Å². The number of carbonyl (C=O) groups excluding carboxylic acids is 1. The Balaban J connectivity index is 3.09. The van der Waals surface area contributed by atoms with Crippen LogP contribution >= 0.6 is 45.2 Å². The van der Waals surface area contributed by atoms with Crippen molar-refractivity contribution in [2.45, 2.75) is 33.2 Å². The number of hydrogen-bond donors (Lipinski definition) is 1. The van der Waals surface area contributed by atoms with Crippen molar-refractivity contribution < 1.29 is 4.79 Å². The van der Waals surface area contributed by atoms with E-state index < -0.39 is 0 Å². The smallest absolute Gasteiger partial charge is 0.252 e. The number of hydrogen-bond acceptors (Lipinski definition) is 1. The SMILES string of the molecule is Cc1cc(I)cc(C(=O)NC(C)(C)C)c1I. The van der Waals surface area contributed by atoms with Crippen molar-refractivity contribution in [1.29, 1.82) is 0 Å². The van der Waals surface area contributed by atoms with E-state index in [-0.39, 0.29) is 11.4 Å². The molecule has 0 unspecified atom stereocenters. The highest BCUT2D eigenvalue weighted by molar-refractivity contribution is 14.1. The zero-order valence-corrected chi connectivity index (χ0v) is 14.1. The third-order valence-corrected chi connectivity index (χ3v) is 4.01. The number of aryl methyl sites for hydroxylation is 1. The predicted octanol–water partition coefficient (Wildman–Crippen LogP) is 3.73. The molecule has 1 aromatic rings. The van der Waals surface area contributed by atoms with Crippen LogP contribution in [-0.4, -0.2) is 11.4 Å². The van der Waals surface area contributed by atoms with Crippen molar-refractivity contribution in [3.8, 4) is 0 Å². The number of amides is 1. The molecular formula is C12H15I2NO. The molecule has 2 nitrogen and oxygen atoms in total. The summed E-state index contributed by atoms with van der Waals surface area (Å²) in [6.45, 7) is 7.98. The van der Waals surface area contributed by atoms with Crippen LogP contribution in [-0.2, 0) is 0 Å². The monoisotopic (exact) mass is 443 g/mol. The van der Waals surface area contributed by atoms with E-state index in [0.29, 0.717) is 0 Å². The van der Waals surface area contributed by atoms with Crippen LogP contribution in [0.15, 0.2) is 12.1 Å². The van der Waals surface area contributed by atoms with Gasteiger partial charge in [0.25, 0.3) is 5.91 Å². The lowest BCUT2D eigenvalue weighted by Crippen LogP contribution is -2.41. The summed E-state index contributed by atoms with van der Waals surface area (Å²) in [4.78, 5) is 12.1. The number of rotatable bonds is 1. The van der Waals surface area contributed by atoms with Crippen LogP contribution < -0.4 is 5.32 Å². The zero-order chi connectivity index (χ0) is 12.5. The van der Waals surface area contributed by atoms with Gasteiger partial charge in [-0.05, 0) is 90.6 Å². The molecular weight excluding hydrogens is 428 g/mol. The first kappa shape index (κ1) is 14.2. The zero-order valence-electron chi connectivity index (χ0n) is 9.82. The molecule has 0 bridgehead atoms. The molecule has 1 amide bonds. The second-order valence-corrected chi connectivity index (χ2v) is 7.11. The second kappa shape index (κ2) is 5.20. The van der Waals surface area contributed by atoms with Crippen molar-refractivity contribution in [3.05, 3.63) is 30.4 Å². The molecule has 1 N–H and O–H groups in total. The fourth-order valence-corrected chi connectivity index (χ4v) is 2.63. The summed E-state index contributed by atoms with van der Waals surface area (Å²) >= 11 is 4.46. The summed E-state index contributed by atoms with van der Waals surface area (Å²) in [5.74, 6) is -0.00137. The van der Waals surface area contributed by atoms with Crippen LogP contribution in [0.4, 0.5) is 0 Å². The Bertz CT molecular complexity index is 422. The summed E-state index contributed by atoms with van der Waals surface area (Å²) in [6, 6.07) is 4.01. The molecule has 0 saturated heterocycles. The van der Waals surface area contributed by atoms with Gasteiger partial charge < -0.3 is 5.32 Å². The molecule has 0 fully saturated rings. The molecule has 0 aliphatic carbocycles. The van der Waals surface area contributed by atoms with Gasteiger partial charge in [-0.25, -0.2) is 0 Å². The normalized spacial score (nSPS) is 11.4. The maximum absolute atomic E-state index is 12.1. The first-order valence-electron chi connectivity index (χ1n) is 4.99. The summed E-state index contributed by atoms with van der Waals surface area (Å²) in [6.07, 6.45) is 0. The molecule has 0 atom stereocenters. The molecule has 0 saturated carbocycles. The lowest BCUT2D eigenvalue weighted by molar-refractivity contribution is 0.0918. The van der Waals surface area contributed by atoms with Gasteiger partial charge in [-0.3, -0.25) is 4.79 Å². The highest BCUT2D eigenvalue weighted by atomic mass is 127. The van der Waals surface area contributed by atoms with Crippen LogP contribution in [0.1, 0.15) is 36.7 Å². The van der Waals surface area contributed by atoms with Crippen LogP contribution in [0, 0.1) is 14.1 Å². The lowest BCUT2D eigenvalue weighted by atomic mass is 10.1. The van der Waals surface area contributed by atoms with E-state index >= 15 is 0 Å². The molecule has 0 heterocycles. The fraction of sp³-hybridized carbons (Fsp3) is 0.417. The van der Waals surface area contributed by atoms with Gasteiger partial charge in [0.2, 0.25) is 0 Å². The van der Waals surface area contributed by atoms with Gasteiger partial charge in [0, 0.05) is 12.7 Å². The molecule has 0 aliphatic heterocycles. The highest BCUT2D eigenvalue weighted by Crippen LogP contribution is 2.21. The molecule has 16 heavy (non-hydrogen) atoms. The van der Waals surface area contributed by atoms with E-state index in [1.165, 1.54) is 0 Å². The van der Waals surface area contributed by atoms with E-state index in [9.17, 15) is 4.79 Å². The quantitative estimate of drug-likeness (QED) is 0.659. The topological polar surface area (TPSA) is 29.1 Å². The number of carbonyl (C=O) groups is 1. The molecule has 1 rings (SSSR count). The van der Waals surface area contributed by atoms with Crippen molar-refractivity contribution >= 4 is 51.1 Å². The van der Waals surface area contributed by atoms with Gasteiger partial charge in [-0.15, -0.1) is 0 Å². The summed E-state index contributed by atoms with van der Waals surface area (Å²) in [5, 5.41) is 2.98. The van der Waals surface area contributed by atoms with Crippen LogP contribution in [0.3, 0.4) is 0 Å². The predicted molar refractivity (Wildman–Crippen MR) is 83.8 cm³/mol. The average molecular weight is 443 g/mol. The summed E-state index contributed by atoms with van der Waals surface area (Å²) in [7, 11) is 0. The second-order valence-electron chi connectivity index (χ2n) is 4.79. The standard InChI is InChI=1S/C12H15I2NO/c1-7-5-8(13)6-9(10(7)14)11(16)15-12(2,3)4/h5-6H,1-4H3,(H,15,16). The van der Waals surface area contributed by atoms with Crippen molar-refractivity contribution in [3.63, 3.8) is 0 Å². The molecule has 0 aromatic heterocycles. The van der Waals surface area contributed by atoms with Crippen LogP contribution in [0.5, 0.6) is 0 Å². The van der Waals surface area contributed by atoms with E-state index in [4.69, 9.17) is 0 Å². The largest absolute Gasteiger partial charge is 0.347 e. The Morgan fingerprint density at radius 3 is 2.31 bits per heavy atom. The minimum Gasteiger partial charge on any atom is -0.347 e. The maximum atomic E-state index is 12.1. The van der Waals surface area contributed by atoms with Gasteiger partial charge in [0.1, 0.15) is 0 Å². The van der Waals surface area contributed by atoms with Crippen LogP contribution in [0.25, 0.3) is 0 Å². The number of benzene rings is 1. The Hall–Kier alpha value is 0.150. The average Bonchev–Trinajstić information content (AvgIpc) is 2.08. The van der Waals surface area contributed by atoms with Crippen molar-refractivity contribution in [2.24, 2.45) is 0 Å². The number of halogens is 2. The Labute approximate surface area is 124 Å². The van der Waals surface area contributed by atoms with E-state index in [0.717, 1.165) is 18.3 Å². The Kier molecular flexibility index (Phi) is 4.62. The molecule has 4 heteroatoms. The van der Waals surface area contributed by atoms with E-state index in [1.807, 2.05) is 33.8 Å². The highest BCUT2D eigenvalue weighted by Gasteiger charge is 2.18. The molecule has 0 aliphatic rings. The third kappa shape index (κ3) is 3.87. The molecule has 0 spiro atoms. The first-order valence-corrected chi connectivity index (χ1v) is 7.14. The van der Waals surface area contributed by atoms with Crippen LogP contribution in [0.2, 0.25) is 0 Å². The summed E-state index contributed by atoms with van der Waals surface area (Å²) < 4.78 is 2.12. The van der Waals surface area contributed by atoms with Crippen molar-refractivity contribution in [2.75, 3.05) is 0 Å². The van der Waals surface area contributed by atoms with Gasteiger partial charge in [-0.1, -0.05) is 0 Å². The van der Waals surface area contributed by atoms with Gasteiger partial charge in [0.15, 0.2) is 0 Å². The Morgan fingerprint density at radius 1 is 1.25 bits per heavy atom. The lowest BCUT2D eigenvalue weighted by Gasteiger charge is -2.21. The van der Waals surface area contributed by atoms with E-state index in [2.05, 4.69) is 56.6 Å². The van der Waals surface area contributed by atoms with Gasteiger partial charge in [-0.2, -0.15) is 0 Å². The summed E-state index contributed by atoms with van der Waals surface area (Å²) in [5.41, 5.74) is 1.71. The Morgan fingerprint density at radius 2 is 1.81 bits per heavy atom. The van der Waals surface area contributed by atoms with Gasteiger partial charge >= 0.3 is 0 Å². The van der Waals surface area contributed by atoms with Crippen molar-refractivity contribution in [1.82, 2.24) is 5.32 Å². The first-order chi connectivity index (χ1) is 7.20. The minimum absolute atomic E-state index is 0.00137. The molecule has 88 valence electrons.